The van der Waals surface area contributed by atoms with Crippen LogP contribution in [0, 0.1) is 29.1 Å². The van der Waals surface area contributed by atoms with Gasteiger partial charge in [-0.2, -0.15) is 13.2 Å². The second-order valence-corrected chi connectivity index (χ2v) is 17.0. The Hall–Kier alpha value is -8.90. The van der Waals surface area contributed by atoms with Gasteiger partial charge in [-0.05, 0) is 60.7 Å². The number of pyridine rings is 2. The van der Waals surface area contributed by atoms with Crippen LogP contribution in [0.1, 0.15) is 5.56 Å². The quantitative estimate of drug-likeness (QED) is 0.0907. The van der Waals surface area contributed by atoms with E-state index in [0.29, 0.717) is 66.5 Å². The third kappa shape index (κ3) is 7.04. The van der Waals surface area contributed by atoms with Gasteiger partial charge in [0.05, 0.1) is 61.8 Å². The molecule has 4 heterocycles. The highest BCUT2D eigenvalue weighted by Crippen LogP contribution is 2.49. The molecule has 0 bridgehead atoms. The minimum atomic E-state index is -5.35. The molecule has 0 N–H and O–H groups in total. The van der Waals surface area contributed by atoms with Crippen LogP contribution in [0.25, 0.3) is 111 Å². The molecule has 0 atom stereocenters. The highest BCUT2D eigenvalue weighted by atomic mass is 19.4. The standard InChI is InChI=1S/C59H32F8N4/c60-53-51(54(61)56(63)57(64)55(53)62)41-29-30-48(70-46-23-9-7-17-37(46)39-27-25-35(31-49(39)70)44-21-11-19-42(68-44)33-13-3-1-4-14-33)52(59(65,66)67)58(41)71-47-24-10-8-18-38(47)40-28-26-36(32-50(40)71)45-22-12-20-43(69-45)34-15-5-2-6-16-34/h1-32H. The molecule has 0 fully saturated rings. The maximum Gasteiger partial charge on any atom is 0.420 e. The van der Waals surface area contributed by atoms with Gasteiger partial charge >= 0.3 is 6.18 Å². The maximum atomic E-state index is 16.9. The molecule has 71 heavy (non-hydrogen) atoms. The van der Waals surface area contributed by atoms with Crippen LogP contribution >= 0.6 is 0 Å². The van der Waals surface area contributed by atoms with Crippen molar-refractivity contribution in [1.29, 1.82) is 0 Å². The average Bonchev–Trinajstić information content (AvgIpc) is 3.92. The Morgan fingerprint density at radius 3 is 1.24 bits per heavy atom. The zero-order valence-corrected chi connectivity index (χ0v) is 36.8. The molecular formula is C59H32F8N4. The van der Waals surface area contributed by atoms with Crippen LogP contribution in [0.15, 0.2) is 194 Å². The van der Waals surface area contributed by atoms with E-state index in [9.17, 15) is 4.39 Å². The Balaban J connectivity index is 1.20. The fourth-order valence-corrected chi connectivity index (χ4v) is 9.81. The molecule has 0 aliphatic heterocycles. The van der Waals surface area contributed by atoms with Gasteiger partial charge in [-0.1, -0.05) is 133 Å². The molecule has 12 aromatic rings. The fraction of sp³-hybridized carbons (Fsp3) is 0.0169. The lowest BCUT2D eigenvalue weighted by Crippen LogP contribution is -2.17. The number of rotatable bonds is 7. The number of fused-ring (bicyclic) bond motifs is 6. The van der Waals surface area contributed by atoms with Crippen LogP contribution in [-0.2, 0) is 6.18 Å². The van der Waals surface area contributed by atoms with Crippen molar-refractivity contribution in [3.8, 4) is 67.5 Å². The van der Waals surface area contributed by atoms with Crippen molar-refractivity contribution in [3.05, 3.63) is 229 Å². The second kappa shape index (κ2) is 16.7. The van der Waals surface area contributed by atoms with Gasteiger partial charge in [0.25, 0.3) is 0 Å². The first-order valence-electron chi connectivity index (χ1n) is 22.3. The first kappa shape index (κ1) is 43.4. The lowest BCUT2D eigenvalue weighted by atomic mass is 9.95. The largest absolute Gasteiger partial charge is 0.420 e. The van der Waals surface area contributed by atoms with E-state index in [-0.39, 0.29) is 11.0 Å². The van der Waals surface area contributed by atoms with Crippen LogP contribution in [0.2, 0.25) is 0 Å². The monoisotopic (exact) mass is 948 g/mol. The van der Waals surface area contributed by atoms with E-state index in [1.807, 2.05) is 84.9 Å². The van der Waals surface area contributed by atoms with E-state index >= 15 is 30.7 Å². The molecule has 0 aliphatic carbocycles. The van der Waals surface area contributed by atoms with Crippen molar-refractivity contribution >= 4 is 43.6 Å². The number of hydrogen-bond acceptors (Lipinski definition) is 2. The van der Waals surface area contributed by atoms with Gasteiger partial charge in [0, 0.05) is 49.4 Å². The Bertz CT molecular complexity index is 4080. The molecule has 0 spiro atoms. The summed E-state index contributed by atoms with van der Waals surface area (Å²) < 4.78 is 131. The number of para-hydroxylation sites is 2. The van der Waals surface area contributed by atoms with Crippen molar-refractivity contribution in [2.45, 2.75) is 6.18 Å². The molecule has 12 heteroatoms. The summed E-state index contributed by atoms with van der Waals surface area (Å²) in [6, 6.07) is 55.5. The summed E-state index contributed by atoms with van der Waals surface area (Å²) in [5, 5.41) is 2.06. The Morgan fingerprint density at radius 2 is 0.746 bits per heavy atom. The normalized spacial score (nSPS) is 11.9. The van der Waals surface area contributed by atoms with Crippen LogP contribution in [0.3, 0.4) is 0 Å². The lowest BCUT2D eigenvalue weighted by molar-refractivity contribution is -0.137. The zero-order valence-electron chi connectivity index (χ0n) is 36.8. The van der Waals surface area contributed by atoms with E-state index in [4.69, 9.17) is 9.97 Å². The van der Waals surface area contributed by atoms with Gasteiger partial charge in [0.1, 0.15) is 5.56 Å². The van der Waals surface area contributed by atoms with Crippen molar-refractivity contribution in [2.75, 3.05) is 0 Å². The number of halogens is 8. The Labute approximate surface area is 399 Å². The summed E-state index contributed by atoms with van der Waals surface area (Å²) in [6.07, 6.45) is -5.35. The summed E-state index contributed by atoms with van der Waals surface area (Å²) in [5.74, 6) is -11.7. The molecule has 0 amide bonds. The van der Waals surface area contributed by atoms with Gasteiger partial charge in [0.2, 0.25) is 5.82 Å². The third-order valence-electron chi connectivity index (χ3n) is 13.0. The summed E-state index contributed by atoms with van der Waals surface area (Å²) >= 11 is 0. The van der Waals surface area contributed by atoms with Crippen molar-refractivity contribution in [3.63, 3.8) is 0 Å². The predicted octanol–water partition coefficient (Wildman–Crippen LogP) is 16.7. The van der Waals surface area contributed by atoms with E-state index in [2.05, 4.69) is 0 Å². The molecule has 12 rings (SSSR count). The van der Waals surface area contributed by atoms with Crippen molar-refractivity contribution < 1.29 is 35.1 Å². The van der Waals surface area contributed by atoms with Crippen molar-refractivity contribution in [1.82, 2.24) is 19.1 Å². The number of nitrogens with zero attached hydrogens (tertiary/aromatic N) is 4. The van der Waals surface area contributed by atoms with Crippen LogP contribution in [0.4, 0.5) is 35.1 Å². The van der Waals surface area contributed by atoms with E-state index in [1.54, 1.807) is 97.1 Å². The summed E-state index contributed by atoms with van der Waals surface area (Å²) in [4.78, 5) is 9.80. The van der Waals surface area contributed by atoms with E-state index in [0.717, 1.165) is 23.3 Å². The van der Waals surface area contributed by atoms with Gasteiger partial charge in [0.15, 0.2) is 23.3 Å². The van der Waals surface area contributed by atoms with Crippen LogP contribution in [0.5, 0.6) is 0 Å². The smallest absolute Gasteiger partial charge is 0.309 e. The first-order chi connectivity index (χ1) is 34.5. The lowest BCUT2D eigenvalue weighted by Gasteiger charge is -2.25. The first-order valence-corrected chi connectivity index (χ1v) is 22.3. The highest BCUT2D eigenvalue weighted by Gasteiger charge is 2.42. The third-order valence-corrected chi connectivity index (χ3v) is 13.0. The van der Waals surface area contributed by atoms with Gasteiger partial charge in [-0.3, -0.25) is 0 Å². The molecule has 0 unspecified atom stereocenters. The molecule has 8 aromatic carbocycles. The topological polar surface area (TPSA) is 35.6 Å². The summed E-state index contributed by atoms with van der Waals surface area (Å²) in [5.41, 5.74) is 0.803. The Kier molecular flexibility index (Phi) is 10.2. The van der Waals surface area contributed by atoms with Crippen LogP contribution < -0.4 is 0 Å². The molecule has 0 aliphatic rings. The van der Waals surface area contributed by atoms with Gasteiger partial charge < -0.3 is 9.13 Å². The molecule has 344 valence electrons. The van der Waals surface area contributed by atoms with E-state index in [1.165, 1.54) is 9.13 Å². The highest BCUT2D eigenvalue weighted by molar-refractivity contribution is 6.12. The number of alkyl halides is 3. The number of hydrogen-bond donors (Lipinski definition) is 0. The summed E-state index contributed by atoms with van der Waals surface area (Å²) in [7, 11) is 0. The second-order valence-electron chi connectivity index (χ2n) is 17.0. The minimum absolute atomic E-state index is 0.136. The Morgan fingerprint density at radius 1 is 0.338 bits per heavy atom. The van der Waals surface area contributed by atoms with Gasteiger partial charge in [-0.15, -0.1) is 0 Å². The average molecular weight is 949 g/mol. The predicted molar refractivity (Wildman–Crippen MR) is 263 cm³/mol. The molecule has 0 saturated heterocycles. The fourth-order valence-electron chi connectivity index (χ4n) is 9.81. The summed E-state index contributed by atoms with van der Waals surface area (Å²) in [6.45, 7) is 0. The van der Waals surface area contributed by atoms with Gasteiger partial charge in [-0.25, -0.2) is 31.9 Å². The molecule has 0 saturated carbocycles. The molecule has 4 aromatic heterocycles. The SMILES string of the molecule is Fc1c(F)c(F)c(-c2ccc(-n3c4ccccc4c4ccc(-c5cccc(-c6ccccc6)n5)cc43)c(C(F)(F)F)c2-n2c3ccccc3c3ccc(-c4cccc(-c5ccccc5)n4)cc32)c(F)c1F. The molecule has 4 nitrogen and oxygen atoms in total. The number of aromatic nitrogens is 4. The molecular weight excluding hydrogens is 917 g/mol. The molecule has 0 radical (unpaired) electrons. The van der Waals surface area contributed by atoms with Crippen molar-refractivity contribution in [2.24, 2.45) is 0 Å². The zero-order chi connectivity index (χ0) is 48.7. The number of benzene rings is 8. The van der Waals surface area contributed by atoms with Crippen LogP contribution in [-0.4, -0.2) is 19.1 Å². The maximum absolute atomic E-state index is 16.9. The van der Waals surface area contributed by atoms with E-state index < -0.39 is 63.3 Å². The minimum Gasteiger partial charge on any atom is -0.309 e.